The first kappa shape index (κ1) is 16.4. The third kappa shape index (κ3) is 4.74. The van der Waals surface area contributed by atoms with Crippen LogP contribution in [0.4, 0.5) is 0 Å². The number of rotatable bonds is 6. The molecule has 1 aromatic rings. The molecule has 118 valence electrons. The van der Waals surface area contributed by atoms with Gasteiger partial charge < -0.3 is 10.5 Å². The minimum absolute atomic E-state index is 0.361. The van der Waals surface area contributed by atoms with Crippen molar-refractivity contribution >= 4 is 0 Å². The van der Waals surface area contributed by atoms with Crippen molar-refractivity contribution in [3.63, 3.8) is 0 Å². The van der Waals surface area contributed by atoms with Gasteiger partial charge in [0, 0.05) is 6.04 Å². The Morgan fingerprint density at radius 1 is 1.05 bits per heavy atom. The molecule has 1 atom stereocenters. The highest BCUT2D eigenvalue weighted by molar-refractivity contribution is 5.27. The molecule has 21 heavy (non-hydrogen) atoms. The maximum absolute atomic E-state index is 6.45. The number of benzene rings is 1. The third-order valence-corrected chi connectivity index (χ3v) is 5.29. The van der Waals surface area contributed by atoms with Gasteiger partial charge in [0.25, 0.3) is 0 Å². The highest BCUT2D eigenvalue weighted by Crippen LogP contribution is 2.35. The van der Waals surface area contributed by atoms with Gasteiger partial charge in [0.15, 0.2) is 0 Å². The summed E-state index contributed by atoms with van der Waals surface area (Å²) in [6.45, 7) is 4.71. The first-order chi connectivity index (χ1) is 10.1. The molecule has 0 amide bonds. The summed E-state index contributed by atoms with van der Waals surface area (Å²) in [5.41, 5.74) is 7.81. The van der Waals surface area contributed by atoms with Crippen LogP contribution in [0.3, 0.4) is 0 Å². The van der Waals surface area contributed by atoms with E-state index in [9.17, 15) is 0 Å². The quantitative estimate of drug-likeness (QED) is 0.841. The van der Waals surface area contributed by atoms with Gasteiger partial charge in [0.1, 0.15) is 5.75 Å². The van der Waals surface area contributed by atoms with E-state index in [0.717, 1.165) is 36.3 Å². The van der Waals surface area contributed by atoms with Gasteiger partial charge in [-0.25, -0.2) is 0 Å². The largest absolute Gasteiger partial charge is 0.497 e. The van der Waals surface area contributed by atoms with Crippen molar-refractivity contribution in [2.45, 2.75) is 58.4 Å². The first-order valence-electron chi connectivity index (χ1n) is 8.48. The molecule has 1 fully saturated rings. The summed E-state index contributed by atoms with van der Waals surface area (Å²) in [6.07, 6.45) is 7.58. The molecule has 2 nitrogen and oxygen atoms in total. The zero-order valence-corrected chi connectivity index (χ0v) is 13.8. The molecule has 1 saturated carbocycles. The molecule has 2 N–H and O–H groups in total. The van der Waals surface area contributed by atoms with E-state index in [1.54, 1.807) is 7.11 Å². The average molecular weight is 289 g/mol. The van der Waals surface area contributed by atoms with Gasteiger partial charge in [-0.1, -0.05) is 26.0 Å². The smallest absolute Gasteiger partial charge is 0.118 e. The van der Waals surface area contributed by atoms with E-state index in [-0.39, 0.29) is 0 Å². The fourth-order valence-corrected chi connectivity index (χ4v) is 3.60. The van der Waals surface area contributed by atoms with Gasteiger partial charge in [-0.2, -0.15) is 0 Å². The minimum Gasteiger partial charge on any atom is -0.497 e. The van der Waals surface area contributed by atoms with Crippen LogP contribution in [0.25, 0.3) is 0 Å². The number of ether oxygens (including phenoxy) is 1. The lowest BCUT2D eigenvalue weighted by Crippen LogP contribution is -2.34. The number of aryl methyl sites for hydroxylation is 1. The van der Waals surface area contributed by atoms with E-state index in [0.29, 0.717) is 6.04 Å². The van der Waals surface area contributed by atoms with Crippen LogP contribution in [0.2, 0.25) is 0 Å². The molecular weight excluding hydrogens is 258 g/mol. The lowest BCUT2D eigenvalue weighted by molar-refractivity contribution is 0.199. The fraction of sp³-hybridized carbons (Fsp3) is 0.684. The summed E-state index contributed by atoms with van der Waals surface area (Å²) in [5, 5.41) is 0. The Morgan fingerprint density at radius 2 is 1.62 bits per heavy atom. The second-order valence-electron chi connectivity index (χ2n) is 6.97. The Labute approximate surface area is 130 Å². The first-order valence-corrected chi connectivity index (χ1v) is 8.48. The molecule has 0 saturated heterocycles. The van der Waals surface area contributed by atoms with Crippen molar-refractivity contribution in [3.05, 3.63) is 29.8 Å². The summed E-state index contributed by atoms with van der Waals surface area (Å²) < 4.78 is 5.19. The molecule has 0 aliphatic heterocycles. The maximum Gasteiger partial charge on any atom is 0.118 e. The molecule has 0 heterocycles. The van der Waals surface area contributed by atoms with Crippen molar-refractivity contribution in [2.75, 3.05) is 7.11 Å². The molecule has 0 radical (unpaired) electrons. The summed E-state index contributed by atoms with van der Waals surface area (Å²) >= 11 is 0. The second kappa shape index (κ2) is 7.84. The molecule has 1 aliphatic carbocycles. The Morgan fingerprint density at radius 3 is 2.14 bits per heavy atom. The average Bonchev–Trinajstić information content (AvgIpc) is 2.53. The zero-order chi connectivity index (χ0) is 15.2. The Kier molecular flexibility index (Phi) is 6.10. The summed E-state index contributed by atoms with van der Waals surface area (Å²) in [4.78, 5) is 0. The lowest BCUT2D eigenvalue weighted by Gasteiger charge is -2.34. The normalized spacial score (nSPS) is 24.0. The van der Waals surface area contributed by atoms with Crippen molar-refractivity contribution in [2.24, 2.45) is 23.5 Å². The van der Waals surface area contributed by atoms with E-state index in [4.69, 9.17) is 10.5 Å². The molecule has 1 aromatic carbocycles. The summed E-state index contributed by atoms with van der Waals surface area (Å²) in [6, 6.07) is 8.74. The summed E-state index contributed by atoms with van der Waals surface area (Å²) in [5.74, 6) is 3.42. The fourth-order valence-electron chi connectivity index (χ4n) is 3.60. The van der Waals surface area contributed by atoms with Gasteiger partial charge >= 0.3 is 0 Å². The Bertz CT molecular complexity index is 404. The third-order valence-electron chi connectivity index (χ3n) is 5.29. The van der Waals surface area contributed by atoms with Crippen molar-refractivity contribution in [3.8, 4) is 5.75 Å². The second-order valence-corrected chi connectivity index (χ2v) is 6.97. The van der Waals surface area contributed by atoms with Crippen LogP contribution in [-0.4, -0.2) is 13.2 Å². The van der Waals surface area contributed by atoms with Crippen LogP contribution in [0.15, 0.2) is 24.3 Å². The van der Waals surface area contributed by atoms with Gasteiger partial charge in [0.2, 0.25) is 0 Å². The van der Waals surface area contributed by atoms with Gasteiger partial charge in [-0.3, -0.25) is 0 Å². The number of hydrogen-bond acceptors (Lipinski definition) is 2. The minimum atomic E-state index is 0.361. The van der Waals surface area contributed by atoms with Crippen LogP contribution in [0, 0.1) is 17.8 Å². The molecule has 1 aliphatic rings. The van der Waals surface area contributed by atoms with E-state index in [2.05, 4.69) is 26.0 Å². The lowest BCUT2D eigenvalue weighted by atomic mass is 9.74. The van der Waals surface area contributed by atoms with Crippen molar-refractivity contribution < 1.29 is 4.74 Å². The highest BCUT2D eigenvalue weighted by Gasteiger charge is 2.26. The van der Waals surface area contributed by atoms with Gasteiger partial charge in [0.05, 0.1) is 7.11 Å². The molecule has 2 heteroatoms. The molecule has 0 bridgehead atoms. The molecule has 0 spiro atoms. The maximum atomic E-state index is 6.45. The SMILES string of the molecule is COc1ccc(CCC(N)C2CCC(C(C)C)CC2)cc1. The van der Waals surface area contributed by atoms with Crippen LogP contribution in [0.1, 0.15) is 51.5 Å². The monoisotopic (exact) mass is 289 g/mol. The number of nitrogens with two attached hydrogens (primary N) is 1. The molecule has 1 unspecified atom stereocenters. The van der Waals surface area contributed by atoms with E-state index < -0.39 is 0 Å². The van der Waals surface area contributed by atoms with Crippen LogP contribution >= 0.6 is 0 Å². The Balaban J connectivity index is 1.75. The Hall–Kier alpha value is -1.02. The number of hydrogen-bond donors (Lipinski definition) is 1. The topological polar surface area (TPSA) is 35.2 Å². The van der Waals surface area contributed by atoms with Crippen molar-refractivity contribution in [1.82, 2.24) is 0 Å². The van der Waals surface area contributed by atoms with E-state index in [1.807, 2.05) is 12.1 Å². The van der Waals surface area contributed by atoms with E-state index in [1.165, 1.54) is 31.2 Å². The summed E-state index contributed by atoms with van der Waals surface area (Å²) in [7, 11) is 1.71. The molecule has 2 rings (SSSR count). The van der Waals surface area contributed by atoms with Gasteiger partial charge in [-0.05, 0) is 74.0 Å². The van der Waals surface area contributed by atoms with Gasteiger partial charge in [-0.15, -0.1) is 0 Å². The molecule has 0 aromatic heterocycles. The molecular formula is C19H31NO. The van der Waals surface area contributed by atoms with Crippen LogP contribution in [0.5, 0.6) is 5.75 Å². The van der Waals surface area contributed by atoms with Crippen LogP contribution in [-0.2, 0) is 6.42 Å². The van der Waals surface area contributed by atoms with E-state index >= 15 is 0 Å². The van der Waals surface area contributed by atoms with Crippen molar-refractivity contribution in [1.29, 1.82) is 0 Å². The zero-order valence-electron chi connectivity index (χ0n) is 13.8. The highest BCUT2D eigenvalue weighted by atomic mass is 16.5. The standard InChI is InChI=1S/C19H31NO/c1-14(2)16-7-9-17(10-8-16)19(20)13-6-15-4-11-18(21-3)12-5-15/h4-5,11-12,14,16-17,19H,6-10,13,20H2,1-3H3. The predicted octanol–water partition coefficient (Wildman–Crippen LogP) is 4.42. The predicted molar refractivity (Wildman–Crippen MR) is 89.6 cm³/mol. The van der Waals surface area contributed by atoms with Crippen LogP contribution < -0.4 is 10.5 Å². The number of methoxy groups -OCH3 is 1.